The van der Waals surface area contributed by atoms with Crippen LogP contribution in [0.2, 0.25) is 0 Å². The quantitative estimate of drug-likeness (QED) is 0.379. The molecule has 0 spiro atoms. The minimum Gasteiger partial charge on any atom is -0.372 e. The predicted molar refractivity (Wildman–Crippen MR) is 158 cm³/mol. The van der Waals surface area contributed by atoms with Gasteiger partial charge in [0.05, 0.1) is 21.8 Å². The van der Waals surface area contributed by atoms with Gasteiger partial charge in [0, 0.05) is 24.5 Å². The molecule has 6 nitrogen and oxygen atoms in total. The van der Waals surface area contributed by atoms with Crippen molar-refractivity contribution in [1.29, 1.82) is 0 Å². The monoisotopic (exact) mass is 552 g/mol. The predicted octanol–water partition coefficient (Wildman–Crippen LogP) is 5.00. The van der Waals surface area contributed by atoms with Crippen molar-refractivity contribution in [1.82, 2.24) is 4.57 Å². The minimum atomic E-state index is -0.746. The Morgan fingerprint density at radius 2 is 1.68 bits per heavy atom. The van der Waals surface area contributed by atoms with E-state index in [9.17, 15) is 14.0 Å². The second-order valence-electron chi connectivity index (χ2n) is 10.1. The number of carbonyl (C=O) groups excluding carboxylic acids is 1. The molecule has 0 radical (unpaired) electrons. The third kappa shape index (κ3) is 5.14. The summed E-state index contributed by atoms with van der Waals surface area (Å²) in [5.41, 5.74) is 4.00. The maximum Gasteiger partial charge on any atom is 0.271 e. The van der Waals surface area contributed by atoms with Crippen molar-refractivity contribution < 1.29 is 9.18 Å². The number of benzene rings is 3. The lowest BCUT2D eigenvalue weighted by Gasteiger charge is -2.28. The first-order valence-corrected chi connectivity index (χ1v) is 14.3. The molecule has 1 amide bonds. The summed E-state index contributed by atoms with van der Waals surface area (Å²) in [6.07, 6.45) is 5.57. The van der Waals surface area contributed by atoms with Crippen molar-refractivity contribution in [3.63, 3.8) is 0 Å². The van der Waals surface area contributed by atoms with Crippen LogP contribution < -0.4 is 25.1 Å². The molecular weight excluding hydrogens is 523 g/mol. The summed E-state index contributed by atoms with van der Waals surface area (Å²) in [5, 5.41) is 2.93. The summed E-state index contributed by atoms with van der Waals surface area (Å²) in [4.78, 5) is 35.0. The topological polar surface area (TPSA) is 66.7 Å². The van der Waals surface area contributed by atoms with Gasteiger partial charge in [-0.2, -0.15) is 0 Å². The van der Waals surface area contributed by atoms with Crippen LogP contribution in [-0.4, -0.2) is 23.6 Å². The summed E-state index contributed by atoms with van der Waals surface area (Å²) >= 11 is 1.29. The molecule has 2 aliphatic rings. The van der Waals surface area contributed by atoms with Crippen LogP contribution in [0.4, 0.5) is 15.8 Å². The van der Waals surface area contributed by atoms with Gasteiger partial charge >= 0.3 is 0 Å². The minimum absolute atomic E-state index is 0.240. The van der Waals surface area contributed by atoms with E-state index in [2.05, 4.69) is 27.3 Å². The van der Waals surface area contributed by atoms with E-state index in [1.807, 2.05) is 36.4 Å². The van der Waals surface area contributed by atoms with Crippen LogP contribution in [0.3, 0.4) is 0 Å². The molecule has 1 N–H and O–H groups in total. The van der Waals surface area contributed by atoms with E-state index in [0.29, 0.717) is 31.9 Å². The molecule has 3 aromatic carbocycles. The molecule has 0 aliphatic carbocycles. The van der Waals surface area contributed by atoms with Gasteiger partial charge in [0.1, 0.15) is 5.82 Å². The summed E-state index contributed by atoms with van der Waals surface area (Å²) in [6.45, 7) is 3.91. The second-order valence-corrected chi connectivity index (χ2v) is 11.1. The zero-order chi connectivity index (χ0) is 27.6. The van der Waals surface area contributed by atoms with Gasteiger partial charge in [-0.05, 0) is 79.8 Å². The Morgan fingerprint density at radius 3 is 2.38 bits per heavy atom. The lowest BCUT2D eigenvalue weighted by molar-refractivity contribution is -0.113. The highest BCUT2D eigenvalue weighted by Gasteiger charge is 2.32. The zero-order valence-corrected chi connectivity index (χ0v) is 23.0. The van der Waals surface area contributed by atoms with Gasteiger partial charge in [0.2, 0.25) is 0 Å². The molecule has 8 heteroatoms. The Morgan fingerprint density at radius 1 is 0.975 bits per heavy atom. The van der Waals surface area contributed by atoms with E-state index in [0.717, 1.165) is 18.7 Å². The molecule has 1 saturated heterocycles. The van der Waals surface area contributed by atoms with Crippen LogP contribution in [0, 0.1) is 5.82 Å². The molecule has 3 heterocycles. The van der Waals surface area contributed by atoms with Gasteiger partial charge < -0.3 is 10.2 Å². The number of nitrogens with zero attached hydrogens (tertiary/aromatic N) is 3. The number of allylic oxidation sites excluding steroid dienone is 1. The average molecular weight is 553 g/mol. The van der Waals surface area contributed by atoms with Crippen LogP contribution in [0.15, 0.2) is 99.9 Å². The fourth-order valence-corrected chi connectivity index (χ4v) is 6.42. The lowest BCUT2D eigenvalue weighted by Crippen LogP contribution is -2.40. The Bertz CT molecular complexity index is 1750. The molecule has 0 bridgehead atoms. The molecule has 1 aromatic heterocycles. The van der Waals surface area contributed by atoms with Gasteiger partial charge in [0.15, 0.2) is 4.80 Å². The number of anilines is 2. The van der Waals surface area contributed by atoms with E-state index in [1.54, 1.807) is 35.8 Å². The molecule has 4 aromatic rings. The largest absolute Gasteiger partial charge is 0.372 e. The Hall–Kier alpha value is -4.30. The number of rotatable bonds is 5. The molecule has 1 atom stereocenters. The first-order chi connectivity index (χ1) is 19.5. The fraction of sp³-hybridized carbons (Fsp3) is 0.219. The number of thiazole rings is 1. The molecule has 0 unspecified atom stereocenters. The van der Waals surface area contributed by atoms with Crippen molar-refractivity contribution in [3.05, 3.63) is 127 Å². The number of para-hydroxylation sites is 1. The number of hydrogen-bond donors (Lipinski definition) is 1. The van der Waals surface area contributed by atoms with Crippen LogP contribution in [0.5, 0.6) is 0 Å². The smallest absolute Gasteiger partial charge is 0.271 e. The Labute approximate surface area is 235 Å². The second kappa shape index (κ2) is 11.1. The molecular formula is C32H29FN4O2S. The normalized spacial score (nSPS) is 17.4. The van der Waals surface area contributed by atoms with Crippen molar-refractivity contribution in [2.45, 2.75) is 32.2 Å². The summed E-state index contributed by atoms with van der Waals surface area (Å²) in [5.74, 6) is -0.746. The number of carbonyl (C=O) groups is 1. The fourth-order valence-electron chi connectivity index (χ4n) is 5.38. The van der Waals surface area contributed by atoms with Gasteiger partial charge in [-0.1, -0.05) is 53.8 Å². The van der Waals surface area contributed by atoms with Gasteiger partial charge in [-0.3, -0.25) is 14.2 Å². The Balaban J connectivity index is 1.41. The SMILES string of the molecule is CC1=C(C(=O)Nc2ccccc2)[C@@H](c2ccc(F)cc2)n2c(s/c(=C/c3ccc(N4CCCCC4)cc3)c2=O)=N1. The number of nitrogens with one attached hydrogen (secondary N) is 1. The number of fused-ring (bicyclic) bond motifs is 1. The molecule has 6 rings (SSSR count). The van der Waals surface area contributed by atoms with Crippen molar-refractivity contribution in [3.8, 4) is 0 Å². The molecule has 40 heavy (non-hydrogen) atoms. The Kier molecular flexibility index (Phi) is 7.17. The maximum atomic E-state index is 13.9. The van der Waals surface area contributed by atoms with E-state index < -0.39 is 6.04 Å². The first kappa shape index (κ1) is 26.0. The summed E-state index contributed by atoms with van der Waals surface area (Å²) in [7, 11) is 0. The van der Waals surface area contributed by atoms with Crippen LogP contribution in [0.1, 0.15) is 43.4 Å². The van der Waals surface area contributed by atoms with Crippen molar-refractivity contribution in [2.24, 2.45) is 4.99 Å². The zero-order valence-electron chi connectivity index (χ0n) is 22.1. The first-order valence-electron chi connectivity index (χ1n) is 13.5. The molecule has 202 valence electrons. The van der Waals surface area contributed by atoms with Gasteiger partial charge in [-0.25, -0.2) is 9.38 Å². The standard InChI is InChI=1S/C32H29FN4O2S/c1-21-28(30(38)35-25-8-4-2-5-9-25)29(23-12-14-24(33)15-13-23)37-31(39)27(40-32(37)34-21)20-22-10-16-26(17-11-22)36-18-6-3-7-19-36/h2,4-5,8-17,20,29H,3,6-7,18-19H2,1H3,(H,35,38)/b27-20+/t29-/m1/s1. The van der Waals surface area contributed by atoms with Gasteiger partial charge in [-0.15, -0.1) is 0 Å². The van der Waals surface area contributed by atoms with Crippen LogP contribution >= 0.6 is 11.3 Å². The number of piperidine rings is 1. The average Bonchev–Trinajstić information content (AvgIpc) is 3.28. The highest BCUT2D eigenvalue weighted by atomic mass is 32.1. The molecule has 1 fully saturated rings. The van der Waals surface area contributed by atoms with E-state index >= 15 is 0 Å². The van der Waals surface area contributed by atoms with Crippen molar-refractivity contribution in [2.75, 3.05) is 23.3 Å². The third-order valence-corrected chi connectivity index (χ3v) is 8.38. The number of halogens is 1. The number of aromatic nitrogens is 1. The summed E-state index contributed by atoms with van der Waals surface area (Å²) < 4.78 is 15.9. The lowest BCUT2D eigenvalue weighted by atomic mass is 9.95. The van der Waals surface area contributed by atoms with E-state index in [1.165, 1.54) is 48.4 Å². The third-order valence-electron chi connectivity index (χ3n) is 7.40. The number of amides is 1. The van der Waals surface area contributed by atoms with Crippen LogP contribution in [-0.2, 0) is 4.79 Å². The van der Waals surface area contributed by atoms with Crippen molar-refractivity contribution >= 4 is 34.7 Å². The van der Waals surface area contributed by atoms with E-state index in [4.69, 9.17) is 0 Å². The maximum absolute atomic E-state index is 13.9. The molecule has 2 aliphatic heterocycles. The highest BCUT2D eigenvalue weighted by molar-refractivity contribution is 7.07. The number of hydrogen-bond acceptors (Lipinski definition) is 5. The van der Waals surface area contributed by atoms with Crippen LogP contribution in [0.25, 0.3) is 6.08 Å². The highest BCUT2D eigenvalue weighted by Crippen LogP contribution is 2.31. The summed E-state index contributed by atoms with van der Waals surface area (Å²) in [6, 6.07) is 22.6. The van der Waals surface area contributed by atoms with Gasteiger partial charge in [0.25, 0.3) is 11.5 Å². The van der Waals surface area contributed by atoms with E-state index in [-0.39, 0.29) is 17.3 Å². The molecule has 0 saturated carbocycles.